The van der Waals surface area contributed by atoms with E-state index in [9.17, 15) is 9.59 Å². The van der Waals surface area contributed by atoms with Crippen LogP contribution in [0.1, 0.15) is 33.4 Å². The number of ether oxygens (including phenoxy) is 1. The lowest BCUT2D eigenvalue weighted by Crippen LogP contribution is -2.32. The van der Waals surface area contributed by atoms with E-state index < -0.39 is 0 Å². The predicted octanol–water partition coefficient (Wildman–Crippen LogP) is 2.58. The maximum Gasteiger partial charge on any atom is 0.265 e. The van der Waals surface area contributed by atoms with Gasteiger partial charge in [0, 0.05) is 24.2 Å². The number of rotatable bonds is 5. The van der Waals surface area contributed by atoms with Gasteiger partial charge in [-0.1, -0.05) is 0 Å². The van der Waals surface area contributed by atoms with Gasteiger partial charge in [-0.3, -0.25) is 9.59 Å². The average Bonchev–Trinajstić information content (AvgIpc) is 3.40. The summed E-state index contributed by atoms with van der Waals surface area (Å²) in [6, 6.07) is 9.12. The lowest BCUT2D eigenvalue weighted by atomic mass is 10.2. The molecular formula is C18H19N5O3S. The highest BCUT2D eigenvalue weighted by atomic mass is 32.1. The number of likely N-dealkylation sites (tertiary alicyclic amines) is 1. The summed E-state index contributed by atoms with van der Waals surface area (Å²) in [4.78, 5) is 28.3. The van der Waals surface area contributed by atoms with E-state index in [4.69, 9.17) is 4.74 Å². The van der Waals surface area contributed by atoms with E-state index >= 15 is 0 Å². The molecule has 0 aliphatic carbocycles. The van der Waals surface area contributed by atoms with Gasteiger partial charge in [0.15, 0.2) is 0 Å². The fourth-order valence-electron chi connectivity index (χ4n) is 3.33. The van der Waals surface area contributed by atoms with Gasteiger partial charge in [0.25, 0.3) is 5.91 Å². The number of benzene rings is 1. The number of carbonyl (C=O) groups excluding carboxylic acids is 2. The number of carbonyl (C=O) groups is 2. The Morgan fingerprint density at radius 3 is 3.00 bits per heavy atom. The van der Waals surface area contributed by atoms with E-state index in [1.807, 2.05) is 11.0 Å². The molecule has 1 aliphatic heterocycles. The van der Waals surface area contributed by atoms with Crippen LogP contribution in [-0.4, -0.2) is 52.4 Å². The molecule has 27 heavy (non-hydrogen) atoms. The van der Waals surface area contributed by atoms with Crippen molar-refractivity contribution in [2.45, 2.75) is 18.9 Å². The minimum atomic E-state index is -0.179. The van der Waals surface area contributed by atoms with Crippen molar-refractivity contribution < 1.29 is 14.3 Å². The molecule has 1 fully saturated rings. The van der Waals surface area contributed by atoms with Gasteiger partial charge < -0.3 is 15.0 Å². The zero-order valence-electron chi connectivity index (χ0n) is 14.8. The number of aromatic nitrogens is 3. The number of methoxy groups -OCH3 is 1. The lowest BCUT2D eigenvalue weighted by Gasteiger charge is -2.23. The quantitative estimate of drug-likeness (QED) is 0.703. The first kappa shape index (κ1) is 17.6. The molecule has 0 saturated carbocycles. The SMILES string of the molecule is COCC(=O)N1CCCC1c1ccc(C(=O)Nc2ccc3n[nH]nc3c2)s1. The molecule has 0 spiro atoms. The third kappa shape index (κ3) is 3.56. The molecule has 2 aromatic heterocycles. The molecule has 1 atom stereocenters. The van der Waals surface area contributed by atoms with Crippen LogP contribution in [0, 0.1) is 0 Å². The van der Waals surface area contributed by atoms with Crippen LogP contribution in [0.4, 0.5) is 5.69 Å². The first-order valence-electron chi connectivity index (χ1n) is 8.66. The van der Waals surface area contributed by atoms with E-state index in [0.717, 1.165) is 29.8 Å². The summed E-state index contributed by atoms with van der Waals surface area (Å²) in [6.45, 7) is 0.809. The van der Waals surface area contributed by atoms with Crippen LogP contribution in [0.3, 0.4) is 0 Å². The third-order valence-electron chi connectivity index (χ3n) is 4.59. The Balaban J connectivity index is 1.48. The molecule has 4 rings (SSSR count). The molecule has 1 aliphatic rings. The van der Waals surface area contributed by atoms with Crippen LogP contribution in [0.5, 0.6) is 0 Å². The largest absolute Gasteiger partial charge is 0.375 e. The molecule has 1 unspecified atom stereocenters. The molecule has 9 heteroatoms. The predicted molar refractivity (Wildman–Crippen MR) is 102 cm³/mol. The fraction of sp³-hybridized carbons (Fsp3) is 0.333. The summed E-state index contributed by atoms with van der Waals surface area (Å²) in [7, 11) is 1.52. The second-order valence-electron chi connectivity index (χ2n) is 6.36. The molecule has 2 amide bonds. The van der Waals surface area contributed by atoms with Gasteiger partial charge in [-0.2, -0.15) is 15.4 Å². The highest BCUT2D eigenvalue weighted by Crippen LogP contribution is 2.36. The van der Waals surface area contributed by atoms with Crippen LogP contribution < -0.4 is 5.32 Å². The van der Waals surface area contributed by atoms with Gasteiger partial charge >= 0.3 is 0 Å². The van der Waals surface area contributed by atoms with Crippen molar-refractivity contribution in [3.05, 3.63) is 40.1 Å². The van der Waals surface area contributed by atoms with Gasteiger partial charge in [-0.25, -0.2) is 0 Å². The van der Waals surface area contributed by atoms with E-state index in [1.54, 1.807) is 24.3 Å². The lowest BCUT2D eigenvalue weighted by molar-refractivity contribution is -0.136. The molecule has 1 saturated heterocycles. The first-order valence-corrected chi connectivity index (χ1v) is 9.47. The monoisotopic (exact) mass is 385 g/mol. The minimum Gasteiger partial charge on any atom is -0.375 e. The van der Waals surface area contributed by atoms with Gasteiger partial charge in [0.05, 0.1) is 10.9 Å². The van der Waals surface area contributed by atoms with Crippen molar-refractivity contribution in [3.63, 3.8) is 0 Å². The zero-order valence-corrected chi connectivity index (χ0v) is 15.6. The summed E-state index contributed by atoms with van der Waals surface area (Å²) in [5, 5.41) is 13.5. The van der Waals surface area contributed by atoms with Crippen molar-refractivity contribution in [1.29, 1.82) is 0 Å². The highest BCUT2D eigenvalue weighted by molar-refractivity contribution is 7.14. The number of nitrogens with zero attached hydrogens (tertiary/aromatic N) is 3. The van der Waals surface area contributed by atoms with Crippen molar-refractivity contribution in [3.8, 4) is 0 Å². The Kier molecular flexibility index (Phi) is 4.87. The number of hydrogen-bond donors (Lipinski definition) is 2. The summed E-state index contributed by atoms with van der Waals surface area (Å²) < 4.78 is 4.97. The van der Waals surface area contributed by atoms with Crippen LogP contribution in [0.15, 0.2) is 30.3 Å². The van der Waals surface area contributed by atoms with Gasteiger partial charge in [-0.15, -0.1) is 11.3 Å². The third-order valence-corrected chi connectivity index (χ3v) is 5.78. The number of anilines is 1. The zero-order chi connectivity index (χ0) is 18.8. The Hall–Kier alpha value is -2.78. The van der Waals surface area contributed by atoms with Gasteiger partial charge in [-0.05, 0) is 43.2 Å². The van der Waals surface area contributed by atoms with E-state index in [2.05, 4.69) is 20.7 Å². The number of aromatic amines is 1. The van der Waals surface area contributed by atoms with Crippen molar-refractivity contribution in [2.75, 3.05) is 25.6 Å². The molecule has 2 N–H and O–H groups in total. The molecule has 140 valence electrons. The molecule has 3 heterocycles. The minimum absolute atomic E-state index is 0.0136. The molecule has 1 aromatic carbocycles. The van der Waals surface area contributed by atoms with Crippen molar-refractivity contribution in [2.24, 2.45) is 0 Å². The maximum atomic E-state index is 12.6. The fourth-order valence-corrected chi connectivity index (χ4v) is 4.38. The highest BCUT2D eigenvalue weighted by Gasteiger charge is 2.31. The van der Waals surface area contributed by atoms with Gasteiger partial charge in [0.1, 0.15) is 17.6 Å². The second kappa shape index (κ2) is 7.45. The Labute approximate surface area is 159 Å². The number of nitrogens with one attached hydrogen (secondary N) is 2. The maximum absolute atomic E-state index is 12.6. The van der Waals surface area contributed by atoms with E-state index in [0.29, 0.717) is 16.1 Å². The Morgan fingerprint density at radius 1 is 1.30 bits per heavy atom. The van der Waals surface area contributed by atoms with E-state index in [-0.39, 0.29) is 24.5 Å². The standard InChI is InChI=1S/C18H19N5O3S/c1-26-10-17(24)23-8-2-3-14(23)15-6-7-16(27-15)18(25)19-11-4-5-12-13(9-11)21-22-20-12/h4-7,9,14H,2-3,8,10H2,1H3,(H,19,25)(H,20,21,22). The van der Waals surface area contributed by atoms with Crippen molar-refractivity contribution in [1.82, 2.24) is 20.3 Å². The van der Waals surface area contributed by atoms with Crippen LogP contribution in [0.2, 0.25) is 0 Å². The van der Waals surface area contributed by atoms with Crippen molar-refractivity contribution >= 4 is 39.9 Å². The first-order chi connectivity index (χ1) is 13.2. The summed E-state index contributed by atoms with van der Waals surface area (Å²) in [5.41, 5.74) is 2.10. The molecule has 3 aromatic rings. The molecule has 0 bridgehead atoms. The smallest absolute Gasteiger partial charge is 0.265 e. The summed E-state index contributed by atoms with van der Waals surface area (Å²) >= 11 is 1.42. The van der Waals surface area contributed by atoms with Crippen LogP contribution >= 0.6 is 11.3 Å². The van der Waals surface area contributed by atoms with Crippen LogP contribution in [0.25, 0.3) is 11.0 Å². The Bertz CT molecular complexity index is 982. The van der Waals surface area contributed by atoms with E-state index in [1.165, 1.54) is 18.4 Å². The molecule has 8 nitrogen and oxygen atoms in total. The van der Waals surface area contributed by atoms with Gasteiger partial charge in [0.2, 0.25) is 5.91 Å². The number of H-pyrrole nitrogens is 1. The second-order valence-corrected chi connectivity index (χ2v) is 7.48. The summed E-state index contributed by atoms with van der Waals surface area (Å²) in [5.74, 6) is -0.192. The topological polar surface area (TPSA) is 100 Å². The normalized spacial score (nSPS) is 16.8. The number of thiophene rings is 1. The average molecular weight is 385 g/mol. The number of fused-ring (bicyclic) bond motifs is 1. The number of amides is 2. The number of hydrogen-bond acceptors (Lipinski definition) is 6. The van der Waals surface area contributed by atoms with Crippen LogP contribution in [-0.2, 0) is 9.53 Å². The molecular weight excluding hydrogens is 366 g/mol. The Morgan fingerprint density at radius 2 is 2.15 bits per heavy atom. The molecule has 0 radical (unpaired) electrons. The summed E-state index contributed by atoms with van der Waals surface area (Å²) in [6.07, 6.45) is 1.86.